The molecule has 0 aliphatic carbocycles. The number of para-hydroxylation sites is 1. The maximum Gasteiger partial charge on any atom is 0.414 e. The Kier molecular flexibility index (Phi) is 7.69. The molecule has 0 bridgehead atoms. The van der Waals surface area contributed by atoms with Crippen molar-refractivity contribution in [3.05, 3.63) is 30.1 Å². The van der Waals surface area contributed by atoms with Crippen LogP contribution in [0.5, 0.6) is 0 Å². The second-order valence-electron chi connectivity index (χ2n) is 4.94. The zero-order valence-electron chi connectivity index (χ0n) is 12.5. The highest BCUT2D eigenvalue weighted by Crippen LogP contribution is 2.13. The van der Waals surface area contributed by atoms with Crippen molar-refractivity contribution in [3.8, 4) is 0 Å². The molecule has 1 aromatic rings. The van der Waals surface area contributed by atoms with Gasteiger partial charge >= 0.3 is 11.9 Å². The van der Waals surface area contributed by atoms with E-state index in [0.717, 1.165) is 19.6 Å². The summed E-state index contributed by atoms with van der Waals surface area (Å²) in [6, 6.07) is 6.23. The van der Waals surface area contributed by atoms with Crippen LogP contribution >= 0.6 is 0 Å². The van der Waals surface area contributed by atoms with E-state index in [1.807, 2.05) is 0 Å². The van der Waals surface area contributed by atoms with Crippen molar-refractivity contribution in [1.29, 1.82) is 0 Å². The molecule has 3 N–H and O–H groups in total. The molecule has 0 saturated carbocycles. The molecule has 0 atom stereocenters. The van der Waals surface area contributed by atoms with E-state index in [2.05, 4.69) is 10.2 Å². The first-order chi connectivity index (χ1) is 10.9. The predicted octanol–water partition coefficient (Wildman–Crippen LogP) is 1.41. The summed E-state index contributed by atoms with van der Waals surface area (Å²) >= 11 is 0. The average Bonchev–Trinajstić information content (AvgIpc) is 3.01. The van der Waals surface area contributed by atoms with Crippen LogP contribution < -0.4 is 5.32 Å². The number of carboxylic acid groups (broad SMARTS) is 2. The Bertz CT molecular complexity index is 547. The number of hydrogen-bond donors (Lipinski definition) is 3. The van der Waals surface area contributed by atoms with Crippen LogP contribution in [0, 0.1) is 5.82 Å². The fourth-order valence-electron chi connectivity index (χ4n) is 2.04. The van der Waals surface area contributed by atoms with Crippen molar-refractivity contribution in [1.82, 2.24) is 4.90 Å². The second kappa shape index (κ2) is 9.52. The Labute approximate surface area is 132 Å². The quantitative estimate of drug-likeness (QED) is 0.722. The highest BCUT2D eigenvalue weighted by molar-refractivity contribution is 6.27. The second-order valence-corrected chi connectivity index (χ2v) is 4.94. The van der Waals surface area contributed by atoms with Crippen LogP contribution in [0.15, 0.2) is 24.3 Å². The van der Waals surface area contributed by atoms with Gasteiger partial charge in [0.25, 0.3) is 0 Å². The van der Waals surface area contributed by atoms with Crippen LogP contribution in [-0.4, -0.2) is 52.6 Å². The predicted molar refractivity (Wildman–Crippen MR) is 80.6 cm³/mol. The number of anilines is 1. The van der Waals surface area contributed by atoms with Crippen molar-refractivity contribution >= 4 is 23.5 Å². The minimum absolute atomic E-state index is 0.123. The molecular formula is C15H19FN2O5. The standard InChI is InChI=1S/C13H17FN2O.C2H2O4/c14-11-5-1-2-6-12(11)15-13(17)7-10-16-8-3-4-9-16;3-1(4)2(5)6/h1-2,5-6H,3-4,7-10H2,(H,15,17);(H,3,4)(H,5,6). The van der Waals surface area contributed by atoms with Gasteiger partial charge in [0, 0.05) is 13.0 Å². The molecule has 0 spiro atoms. The van der Waals surface area contributed by atoms with Crippen molar-refractivity contribution in [3.63, 3.8) is 0 Å². The summed E-state index contributed by atoms with van der Waals surface area (Å²) in [6.07, 6.45) is 2.86. The number of carbonyl (C=O) groups is 3. The lowest BCUT2D eigenvalue weighted by molar-refractivity contribution is -0.159. The third-order valence-electron chi connectivity index (χ3n) is 3.18. The van der Waals surface area contributed by atoms with Crippen molar-refractivity contribution < 1.29 is 29.0 Å². The van der Waals surface area contributed by atoms with Gasteiger partial charge in [0.15, 0.2) is 0 Å². The van der Waals surface area contributed by atoms with Crippen molar-refractivity contribution in [2.75, 3.05) is 25.0 Å². The first-order valence-corrected chi connectivity index (χ1v) is 7.13. The Morgan fingerprint density at radius 1 is 1.09 bits per heavy atom. The van der Waals surface area contributed by atoms with Crippen molar-refractivity contribution in [2.24, 2.45) is 0 Å². The SMILES string of the molecule is O=C(CCN1CCCC1)Nc1ccccc1F.O=C(O)C(=O)O. The number of carboxylic acids is 2. The smallest absolute Gasteiger partial charge is 0.414 e. The van der Waals surface area contributed by atoms with E-state index in [1.54, 1.807) is 18.2 Å². The first kappa shape index (κ1) is 18.6. The number of likely N-dealkylation sites (tertiary alicyclic amines) is 1. The van der Waals surface area contributed by atoms with E-state index in [9.17, 15) is 9.18 Å². The summed E-state index contributed by atoms with van der Waals surface area (Å²) < 4.78 is 13.3. The fourth-order valence-corrected chi connectivity index (χ4v) is 2.04. The minimum atomic E-state index is -1.82. The Morgan fingerprint density at radius 3 is 2.17 bits per heavy atom. The number of nitrogens with zero attached hydrogens (tertiary/aromatic N) is 1. The molecule has 1 saturated heterocycles. The Hall–Kier alpha value is -2.48. The van der Waals surface area contributed by atoms with E-state index in [0.29, 0.717) is 6.42 Å². The zero-order valence-corrected chi connectivity index (χ0v) is 12.5. The van der Waals surface area contributed by atoms with E-state index in [-0.39, 0.29) is 17.4 Å². The van der Waals surface area contributed by atoms with Crippen LogP contribution in [0.1, 0.15) is 19.3 Å². The third-order valence-corrected chi connectivity index (χ3v) is 3.18. The van der Waals surface area contributed by atoms with Gasteiger partial charge in [-0.15, -0.1) is 0 Å². The summed E-state index contributed by atoms with van der Waals surface area (Å²) in [5.74, 6) is -4.16. The summed E-state index contributed by atoms with van der Waals surface area (Å²) in [7, 11) is 0. The van der Waals surface area contributed by atoms with Gasteiger partial charge in [0.1, 0.15) is 5.82 Å². The lowest BCUT2D eigenvalue weighted by atomic mass is 10.3. The fraction of sp³-hybridized carbons (Fsp3) is 0.400. The molecule has 8 heteroatoms. The number of halogens is 1. The van der Waals surface area contributed by atoms with Crippen molar-refractivity contribution in [2.45, 2.75) is 19.3 Å². The molecule has 23 heavy (non-hydrogen) atoms. The zero-order chi connectivity index (χ0) is 17.2. The van der Waals surface area contributed by atoms with Crippen LogP contribution in [0.4, 0.5) is 10.1 Å². The number of rotatable bonds is 4. The van der Waals surface area contributed by atoms with Gasteiger partial charge in [0.05, 0.1) is 5.69 Å². The van der Waals surface area contributed by atoms with Gasteiger partial charge in [0.2, 0.25) is 5.91 Å². The molecule has 1 aromatic carbocycles. The molecule has 1 aliphatic rings. The average molecular weight is 326 g/mol. The van der Waals surface area contributed by atoms with E-state index < -0.39 is 11.9 Å². The topological polar surface area (TPSA) is 107 Å². The monoisotopic (exact) mass is 326 g/mol. The molecule has 1 aliphatic heterocycles. The number of benzene rings is 1. The largest absolute Gasteiger partial charge is 0.473 e. The lowest BCUT2D eigenvalue weighted by Gasteiger charge is -2.14. The summed E-state index contributed by atoms with van der Waals surface area (Å²) in [5, 5.41) is 17.4. The van der Waals surface area contributed by atoms with E-state index >= 15 is 0 Å². The molecule has 0 aromatic heterocycles. The van der Waals surface area contributed by atoms with Gasteiger partial charge < -0.3 is 20.4 Å². The first-order valence-electron chi connectivity index (χ1n) is 7.13. The molecule has 126 valence electrons. The molecule has 1 amide bonds. The van der Waals surface area contributed by atoms with E-state index in [4.69, 9.17) is 19.8 Å². The van der Waals surface area contributed by atoms with Crippen LogP contribution in [0.3, 0.4) is 0 Å². The number of carbonyl (C=O) groups excluding carboxylic acids is 1. The highest BCUT2D eigenvalue weighted by Gasteiger charge is 2.13. The van der Waals surface area contributed by atoms with Crippen LogP contribution in [0.25, 0.3) is 0 Å². The maximum atomic E-state index is 13.3. The Balaban J connectivity index is 0.000000379. The Morgan fingerprint density at radius 2 is 1.65 bits per heavy atom. The third kappa shape index (κ3) is 7.37. The summed E-state index contributed by atoms with van der Waals surface area (Å²) in [5.41, 5.74) is 0.263. The molecule has 1 heterocycles. The minimum Gasteiger partial charge on any atom is -0.473 e. The molecule has 7 nitrogen and oxygen atoms in total. The molecule has 2 rings (SSSR count). The van der Waals surface area contributed by atoms with Crippen LogP contribution in [-0.2, 0) is 14.4 Å². The van der Waals surface area contributed by atoms with Crippen LogP contribution in [0.2, 0.25) is 0 Å². The molecule has 0 unspecified atom stereocenters. The number of hydrogen-bond acceptors (Lipinski definition) is 4. The number of nitrogens with one attached hydrogen (secondary N) is 1. The van der Waals surface area contributed by atoms with Gasteiger partial charge in [-0.05, 0) is 38.1 Å². The number of amides is 1. The summed E-state index contributed by atoms with van der Waals surface area (Å²) in [6.45, 7) is 2.92. The van der Waals surface area contributed by atoms with Gasteiger partial charge in [-0.1, -0.05) is 12.1 Å². The normalized spacial score (nSPS) is 13.8. The molecule has 0 radical (unpaired) electrons. The van der Waals surface area contributed by atoms with Gasteiger partial charge in [-0.3, -0.25) is 4.79 Å². The highest BCUT2D eigenvalue weighted by atomic mass is 19.1. The number of aliphatic carboxylic acids is 2. The van der Waals surface area contributed by atoms with E-state index in [1.165, 1.54) is 18.9 Å². The lowest BCUT2D eigenvalue weighted by Crippen LogP contribution is -2.25. The molecular weight excluding hydrogens is 307 g/mol. The molecule has 1 fully saturated rings. The van der Waals surface area contributed by atoms with Gasteiger partial charge in [-0.2, -0.15) is 0 Å². The maximum absolute atomic E-state index is 13.3. The summed E-state index contributed by atoms with van der Waals surface area (Å²) in [4.78, 5) is 32.1. The van der Waals surface area contributed by atoms with Gasteiger partial charge in [-0.25, -0.2) is 14.0 Å².